The molecule has 1 aliphatic heterocycles. The smallest absolute Gasteiger partial charge is 0.341 e. The lowest BCUT2D eigenvalue weighted by Gasteiger charge is -2.15. The van der Waals surface area contributed by atoms with Crippen molar-refractivity contribution in [3.63, 3.8) is 0 Å². The molecule has 32 heavy (non-hydrogen) atoms. The molecule has 1 N–H and O–H groups in total. The zero-order valence-corrected chi connectivity index (χ0v) is 20.2. The molecule has 2 aromatic heterocycles. The molecule has 4 rings (SSSR count). The molecule has 0 atom stereocenters. The Hall–Kier alpha value is -1.95. The molecule has 0 saturated carbocycles. The van der Waals surface area contributed by atoms with E-state index in [1.54, 1.807) is 6.07 Å². The summed E-state index contributed by atoms with van der Waals surface area (Å²) in [4.78, 5) is 30.4. The van der Waals surface area contributed by atoms with Crippen molar-refractivity contribution in [2.45, 2.75) is 48.4 Å². The van der Waals surface area contributed by atoms with E-state index in [-0.39, 0.29) is 16.6 Å². The SMILES string of the molecule is COC(=O)c1c(NC(=O)CSc2ccc(S(=O)(=O)N3CCCC3)cn2)sc2c1CCCC2. The number of amides is 1. The summed E-state index contributed by atoms with van der Waals surface area (Å²) in [6, 6.07) is 3.15. The van der Waals surface area contributed by atoms with Gasteiger partial charge in [0.15, 0.2) is 0 Å². The summed E-state index contributed by atoms with van der Waals surface area (Å²) in [6.07, 6.45) is 6.92. The van der Waals surface area contributed by atoms with Gasteiger partial charge in [-0.15, -0.1) is 11.3 Å². The fourth-order valence-corrected chi connectivity index (χ4v) is 7.36. The predicted molar refractivity (Wildman–Crippen MR) is 124 cm³/mol. The van der Waals surface area contributed by atoms with E-state index in [9.17, 15) is 18.0 Å². The average Bonchev–Trinajstić information content (AvgIpc) is 3.46. The van der Waals surface area contributed by atoms with E-state index in [4.69, 9.17) is 4.74 Å². The third kappa shape index (κ3) is 4.85. The van der Waals surface area contributed by atoms with Gasteiger partial charge in [0, 0.05) is 24.2 Å². The first-order chi connectivity index (χ1) is 15.4. The number of carbonyl (C=O) groups is 2. The summed E-state index contributed by atoms with van der Waals surface area (Å²) in [5.41, 5.74) is 1.47. The van der Waals surface area contributed by atoms with Crippen molar-refractivity contribution in [1.82, 2.24) is 9.29 Å². The number of thioether (sulfide) groups is 1. The molecular weight excluding hydrogens is 470 g/mol. The van der Waals surface area contributed by atoms with Crippen LogP contribution in [0.4, 0.5) is 5.00 Å². The molecule has 0 radical (unpaired) electrons. The first-order valence-corrected chi connectivity index (χ1v) is 13.8. The monoisotopic (exact) mass is 495 g/mol. The molecule has 0 spiro atoms. The van der Waals surface area contributed by atoms with Crippen LogP contribution in [-0.4, -0.2) is 55.5 Å². The lowest BCUT2D eigenvalue weighted by molar-refractivity contribution is -0.113. The number of aryl methyl sites for hydroxylation is 1. The van der Waals surface area contributed by atoms with Gasteiger partial charge in [-0.1, -0.05) is 11.8 Å². The summed E-state index contributed by atoms with van der Waals surface area (Å²) >= 11 is 2.65. The standard InChI is InChI=1S/C21H25N3O5S3/c1-29-21(26)19-15-6-2-3-7-16(15)31-20(19)23-17(25)13-30-18-9-8-14(12-22-18)32(27,28)24-10-4-5-11-24/h8-9,12H,2-7,10-11,13H2,1H3,(H,23,25). The summed E-state index contributed by atoms with van der Waals surface area (Å²) in [6.45, 7) is 1.08. The van der Waals surface area contributed by atoms with E-state index in [0.717, 1.165) is 49.0 Å². The Labute approximate surface area is 195 Å². The Morgan fingerprint density at radius 2 is 1.94 bits per heavy atom. The molecule has 0 aromatic carbocycles. The molecule has 11 heteroatoms. The Bertz CT molecular complexity index is 1110. The number of aromatic nitrogens is 1. The highest BCUT2D eigenvalue weighted by molar-refractivity contribution is 7.99. The third-order valence-corrected chi connectivity index (χ3v) is 9.61. The van der Waals surface area contributed by atoms with Crippen LogP contribution in [0.3, 0.4) is 0 Å². The number of thiophene rings is 1. The number of nitrogens with zero attached hydrogens (tertiary/aromatic N) is 2. The Morgan fingerprint density at radius 3 is 2.62 bits per heavy atom. The molecule has 8 nitrogen and oxygen atoms in total. The van der Waals surface area contributed by atoms with Gasteiger partial charge in [0.1, 0.15) is 9.90 Å². The van der Waals surface area contributed by atoms with E-state index in [2.05, 4.69) is 10.3 Å². The second-order valence-corrected chi connectivity index (χ2v) is 11.7. The Balaban J connectivity index is 1.39. The predicted octanol–water partition coefficient (Wildman–Crippen LogP) is 3.32. The molecule has 2 aromatic rings. The van der Waals surface area contributed by atoms with Crippen LogP contribution in [0.5, 0.6) is 0 Å². The van der Waals surface area contributed by atoms with Crippen LogP contribution < -0.4 is 5.32 Å². The number of carbonyl (C=O) groups excluding carboxylic acids is 2. The maximum Gasteiger partial charge on any atom is 0.341 e. The first kappa shape index (κ1) is 23.2. The van der Waals surface area contributed by atoms with Gasteiger partial charge < -0.3 is 10.1 Å². The number of rotatable bonds is 7. The third-order valence-electron chi connectivity index (χ3n) is 5.58. The normalized spacial score (nSPS) is 16.5. The number of pyridine rings is 1. The molecule has 1 amide bonds. The Kier molecular flexibility index (Phi) is 7.18. The minimum Gasteiger partial charge on any atom is -0.465 e. The van der Waals surface area contributed by atoms with Gasteiger partial charge in [-0.05, 0) is 56.2 Å². The van der Waals surface area contributed by atoms with Gasteiger partial charge in [0.2, 0.25) is 15.9 Å². The fraction of sp³-hybridized carbons (Fsp3) is 0.476. The lowest BCUT2D eigenvalue weighted by Crippen LogP contribution is -2.27. The summed E-state index contributed by atoms with van der Waals surface area (Å²) in [5, 5.41) is 3.94. The molecule has 0 bridgehead atoms. The van der Waals surface area contributed by atoms with E-state index >= 15 is 0 Å². The van der Waals surface area contributed by atoms with Crippen LogP contribution in [-0.2, 0) is 32.4 Å². The van der Waals surface area contributed by atoms with Gasteiger partial charge in [-0.3, -0.25) is 4.79 Å². The molecule has 0 unspecified atom stereocenters. The van der Waals surface area contributed by atoms with Crippen molar-refractivity contribution in [2.24, 2.45) is 0 Å². The molecular formula is C21H25N3O5S3. The first-order valence-electron chi connectivity index (χ1n) is 10.5. The average molecular weight is 496 g/mol. The van der Waals surface area contributed by atoms with Crippen LogP contribution >= 0.6 is 23.1 Å². The van der Waals surface area contributed by atoms with Gasteiger partial charge in [0.25, 0.3) is 0 Å². The van der Waals surface area contributed by atoms with Crippen LogP contribution in [0.2, 0.25) is 0 Å². The van der Waals surface area contributed by atoms with Crippen LogP contribution in [0.1, 0.15) is 46.5 Å². The zero-order valence-electron chi connectivity index (χ0n) is 17.8. The number of ether oxygens (including phenoxy) is 1. The lowest BCUT2D eigenvalue weighted by atomic mass is 9.95. The summed E-state index contributed by atoms with van der Waals surface area (Å²) in [7, 11) is -2.16. The van der Waals surface area contributed by atoms with Crippen molar-refractivity contribution < 1.29 is 22.7 Å². The number of fused-ring (bicyclic) bond motifs is 1. The van der Waals surface area contributed by atoms with Gasteiger partial charge in [0.05, 0.1) is 23.5 Å². The topological polar surface area (TPSA) is 106 Å². The van der Waals surface area contributed by atoms with E-state index in [0.29, 0.717) is 28.7 Å². The Morgan fingerprint density at radius 1 is 1.19 bits per heavy atom. The van der Waals surface area contributed by atoms with Crippen molar-refractivity contribution in [2.75, 3.05) is 31.3 Å². The van der Waals surface area contributed by atoms with E-state index < -0.39 is 16.0 Å². The highest BCUT2D eigenvalue weighted by Gasteiger charge is 2.28. The van der Waals surface area contributed by atoms with Crippen molar-refractivity contribution in [3.8, 4) is 0 Å². The van der Waals surface area contributed by atoms with E-state index in [1.165, 1.54) is 46.8 Å². The zero-order chi connectivity index (χ0) is 22.7. The van der Waals surface area contributed by atoms with Crippen LogP contribution in [0.15, 0.2) is 28.3 Å². The molecule has 3 heterocycles. The number of hydrogen-bond donors (Lipinski definition) is 1. The largest absolute Gasteiger partial charge is 0.465 e. The number of esters is 1. The molecule has 1 fully saturated rings. The molecule has 2 aliphatic rings. The van der Waals surface area contributed by atoms with Crippen molar-refractivity contribution in [1.29, 1.82) is 0 Å². The second kappa shape index (κ2) is 9.90. The maximum absolute atomic E-state index is 12.6. The fourth-order valence-electron chi connectivity index (χ4n) is 3.96. The van der Waals surface area contributed by atoms with Gasteiger partial charge in [-0.25, -0.2) is 18.2 Å². The highest BCUT2D eigenvalue weighted by Crippen LogP contribution is 2.38. The number of hydrogen-bond acceptors (Lipinski definition) is 8. The van der Waals surface area contributed by atoms with Crippen LogP contribution in [0.25, 0.3) is 0 Å². The summed E-state index contributed by atoms with van der Waals surface area (Å²) in [5.74, 6) is -0.591. The van der Waals surface area contributed by atoms with Crippen molar-refractivity contribution >= 4 is 50.0 Å². The minimum atomic E-state index is -3.50. The minimum absolute atomic E-state index is 0.0917. The maximum atomic E-state index is 12.6. The molecule has 1 aliphatic carbocycles. The van der Waals surface area contributed by atoms with Crippen LogP contribution in [0, 0.1) is 0 Å². The molecule has 1 saturated heterocycles. The number of anilines is 1. The quantitative estimate of drug-likeness (QED) is 0.464. The van der Waals surface area contributed by atoms with Crippen molar-refractivity contribution in [3.05, 3.63) is 34.3 Å². The highest BCUT2D eigenvalue weighted by atomic mass is 32.2. The van der Waals surface area contributed by atoms with E-state index in [1.807, 2.05) is 0 Å². The number of sulfonamides is 1. The van der Waals surface area contributed by atoms with Gasteiger partial charge >= 0.3 is 5.97 Å². The second-order valence-electron chi connectivity index (χ2n) is 7.69. The number of methoxy groups -OCH3 is 1. The summed E-state index contributed by atoms with van der Waals surface area (Å²) < 4.78 is 31.6. The number of nitrogens with one attached hydrogen (secondary N) is 1. The van der Waals surface area contributed by atoms with Gasteiger partial charge in [-0.2, -0.15) is 4.31 Å². The molecule has 172 valence electrons.